The lowest BCUT2D eigenvalue weighted by atomic mass is 10.1. The molecule has 3 aromatic rings. The fourth-order valence-electron chi connectivity index (χ4n) is 3.26. The number of rotatable bonds is 5. The summed E-state index contributed by atoms with van der Waals surface area (Å²) in [6.45, 7) is 1.88. The molecule has 1 heterocycles. The molecule has 3 aromatic carbocycles. The highest BCUT2D eigenvalue weighted by atomic mass is 35.5. The molecule has 6 nitrogen and oxygen atoms in total. The van der Waals surface area contributed by atoms with Crippen molar-refractivity contribution in [3.63, 3.8) is 0 Å². The number of hydrogen-bond donors (Lipinski definition) is 2. The second-order valence-corrected chi connectivity index (χ2v) is 7.99. The number of halogens is 3. The van der Waals surface area contributed by atoms with Crippen LogP contribution in [0.25, 0.3) is 0 Å². The van der Waals surface area contributed by atoms with E-state index in [9.17, 15) is 18.8 Å². The van der Waals surface area contributed by atoms with Crippen LogP contribution < -0.4 is 15.5 Å². The molecule has 33 heavy (non-hydrogen) atoms. The van der Waals surface area contributed by atoms with Gasteiger partial charge < -0.3 is 10.6 Å². The van der Waals surface area contributed by atoms with Crippen molar-refractivity contribution < 1.29 is 18.8 Å². The third-order valence-electron chi connectivity index (χ3n) is 4.98. The van der Waals surface area contributed by atoms with Gasteiger partial charge in [-0.15, -0.1) is 0 Å². The Morgan fingerprint density at radius 3 is 2.42 bits per heavy atom. The predicted octanol–water partition coefficient (Wildman–Crippen LogP) is 5.48. The summed E-state index contributed by atoms with van der Waals surface area (Å²) in [7, 11) is 0. The smallest absolute Gasteiger partial charge is 0.283 e. The van der Waals surface area contributed by atoms with Crippen LogP contribution >= 0.6 is 23.2 Å². The summed E-state index contributed by atoms with van der Waals surface area (Å²) in [5, 5.41) is 5.07. The summed E-state index contributed by atoms with van der Waals surface area (Å²) in [6.07, 6.45) is 0. The number of nitrogens with one attached hydrogen (secondary N) is 2. The van der Waals surface area contributed by atoms with E-state index in [1.807, 2.05) is 25.1 Å². The standard InChI is InChI=1S/C24H16Cl2FN3O3/c1-13-5-2-3-8-19(13)29-22(31)14-6-4-7-15(11-14)28-21-20(26)23(32)30(24(21)33)16-9-10-18(27)17(25)12-16/h2-12,28H,1H3,(H,29,31). The number of amides is 3. The highest BCUT2D eigenvalue weighted by Gasteiger charge is 2.39. The molecule has 3 amide bonds. The molecule has 1 aliphatic rings. The monoisotopic (exact) mass is 483 g/mol. The van der Waals surface area contributed by atoms with E-state index in [1.165, 1.54) is 12.1 Å². The molecule has 166 valence electrons. The van der Waals surface area contributed by atoms with Gasteiger partial charge in [0.1, 0.15) is 16.5 Å². The average Bonchev–Trinajstić information content (AvgIpc) is 3.00. The zero-order valence-corrected chi connectivity index (χ0v) is 18.7. The molecule has 0 saturated heterocycles. The van der Waals surface area contributed by atoms with Crippen LogP contribution in [-0.4, -0.2) is 17.7 Å². The first-order valence-electron chi connectivity index (χ1n) is 9.74. The molecule has 0 atom stereocenters. The van der Waals surface area contributed by atoms with Crippen LogP contribution in [0.4, 0.5) is 21.5 Å². The number of imide groups is 1. The Balaban J connectivity index is 1.56. The summed E-state index contributed by atoms with van der Waals surface area (Å²) in [5.41, 5.74) is 2.21. The minimum atomic E-state index is -0.778. The van der Waals surface area contributed by atoms with Crippen LogP contribution in [0.2, 0.25) is 5.02 Å². The molecule has 0 spiro atoms. The SMILES string of the molecule is Cc1ccccc1NC(=O)c1cccc(NC2=C(Cl)C(=O)N(c3ccc(F)c(Cl)c3)C2=O)c1. The number of para-hydroxylation sites is 1. The van der Waals surface area contributed by atoms with Gasteiger partial charge in [0, 0.05) is 16.9 Å². The van der Waals surface area contributed by atoms with Gasteiger partial charge in [-0.25, -0.2) is 9.29 Å². The van der Waals surface area contributed by atoms with Gasteiger partial charge >= 0.3 is 0 Å². The van der Waals surface area contributed by atoms with Crippen molar-refractivity contribution in [2.45, 2.75) is 6.92 Å². The van der Waals surface area contributed by atoms with E-state index < -0.39 is 17.6 Å². The van der Waals surface area contributed by atoms with E-state index in [1.54, 1.807) is 24.3 Å². The van der Waals surface area contributed by atoms with E-state index in [0.717, 1.165) is 22.6 Å². The van der Waals surface area contributed by atoms with Crippen molar-refractivity contribution in [2.75, 3.05) is 15.5 Å². The summed E-state index contributed by atoms with van der Waals surface area (Å²) >= 11 is 11.9. The Hall–Kier alpha value is -3.68. The van der Waals surface area contributed by atoms with Gasteiger partial charge in [0.05, 0.1) is 10.7 Å². The molecule has 0 aromatic heterocycles. The zero-order chi connectivity index (χ0) is 23.7. The summed E-state index contributed by atoms with van der Waals surface area (Å²) in [5.74, 6) is -2.54. The van der Waals surface area contributed by atoms with Gasteiger partial charge in [0.25, 0.3) is 17.7 Å². The second kappa shape index (κ2) is 9.05. The van der Waals surface area contributed by atoms with Crippen molar-refractivity contribution in [1.82, 2.24) is 0 Å². The van der Waals surface area contributed by atoms with Crippen molar-refractivity contribution >= 4 is 58.0 Å². The average molecular weight is 484 g/mol. The summed E-state index contributed by atoms with van der Waals surface area (Å²) < 4.78 is 13.5. The van der Waals surface area contributed by atoms with E-state index in [-0.39, 0.29) is 27.3 Å². The number of hydrogen-bond acceptors (Lipinski definition) is 4. The largest absolute Gasteiger partial charge is 0.350 e. The summed E-state index contributed by atoms with van der Waals surface area (Å²) in [4.78, 5) is 39.0. The minimum Gasteiger partial charge on any atom is -0.350 e. The maximum Gasteiger partial charge on any atom is 0.283 e. The molecule has 0 fully saturated rings. The Kier molecular flexibility index (Phi) is 6.18. The van der Waals surface area contributed by atoms with Crippen molar-refractivity contribution in [1.29, 1.82) is 0 Å². The lowest BCUT2D eigenvalue weighted by Crippen LogP contribution is -2.32. The van der Waals surface area contributed by atoms with E-state index in [0.29, 0.717) is 16.9 Å². The van der Waals surface area contributed by atoms with Gasteiger partial charge in [0.15, 0.2) is 0 Å². The van der Waals surface area contributed by atoms with Crippen molar-refractivity contribution in [2.24, 2.45) is 0 Å². The van der Waals surface area contributed by atoms with E-state index >= 15 is 0 Å². The first-order chi connectivity index (χ1) is 15.8. The van der Waals surface area contributed by atoms with Gasteiger partial charge in [0.2, 0.25) is 0 Å². The maximum atomic E-state index is 13.5. The zero-order valence-electron chi connectivity index (χ0n) is 17.2. The highest BCUT2D eigenvalue weighted by molar-refractivity contribution is 6.53. The number of anilines is 3. The van der Waals surface area contributed by atoms with Crippen molar-refractivity contribution in [3.05, 3.63) is 99.4 Å². The van der Waals surface area contributed by atoms with Crippen molar-refractivity contribution in [3.8, 4) is 0 Å². The lowest BCUT2D eigenvalue weighted by molar-refractivity contribution is -0.120. The van der Waals surface area contributed by atoms with Gasteiger partial charge in [-0.05, 0) is 55.0 Å². The quantitative estimate of drug-likeness (QED) is 0.471. The molecular weight excluding hydrogens is 468 g/mol. The first kappa shape index (κ1) is 22.5. The van der Waals surface area contributed by atoms with Crippen LogP contribution in [0.1, 0.15) is 15.9 Å². The van der Waals surface area contributed by atoms with Crippen LogP contribution in [0.3, 0.4) is 0 Å². The molecule has 0 saturated carbocycles. The van der Waals surface area contributed by atoms with Crippen LogP contribution in [0.15, 0.2) is 77.5 Å². The van der Waals surface area contributed by atoms with E-state index in [2.05, 4.69) is 10.6 Å². The second-order valence-electron chi connectivity index (χ2n) is 7.21. The number of carbonyl (C=O) groups is 3. The minimum absolute atomic E-state index is 0.0812. The number of nitrogens with zero attached hydrogens (tertiary/aromatic N) is 1. The Bertz CT molecular complexity index is 1340. The Morgan fingerprint density at radius 1 is 0.939 bits per heavy atom. The first-order valence-corrected chi connectivity index (χ1v) is 10.5. The number of benzene rings is 3. The third kappa shape index (κ3) is 4.46. The fraction of sp³-hybridized carbons (Fsp3) is 0.0417. The predicted molar refractivity (Wildman–Crippen MR) is 126 cm³/mol. The Labute approximate surface area is 198 Å². The maximum absolute atomic E-state index is 13.5. The topological polar surface area (TPSA) is 78.5 Å². The number of aryl methyl sites for hydroxylation is 1. The molecule has 0 unspecified atom stereocenters. The molecule has 4 rings (SSSR count). The van der Waals surface area contributed by atoms with Crippen LogP contribution in [0, 0.1) is 12.7 Å². The summed E-state index contributed by atoms with van der Waals surface area (Å²) in [6, 6.07) is 17.2. The number of carbonyl (C=O) groups excluding carboxylic acids is 3. The van der Waals surface area contributed by atoms with E-state index in [4.69, 9.17) is 23.2 Å². The molecule has 0 bridgehead atoms. The normalized spacial score (nSPS) is 13.5. The molecular formula is C24H16Cl2FN3O3. The molecule has 0 radical (unpaired) electrons. The highest BCUT2D eigenvalue weighted by Crippen LogP contribution is 2.32. The van der Waals surface area contributed by atoms with Gasteiger partial charge in [-0.2, -0.15) is 0 Å². The molecule has 0 aliphatic carbocycles. The third-order valence-corrected chi connectivity index (χ3v) is 5.62. The molecule has 9 heteroatoms. The van der Waals surface area contributed by atoms with Gasteiger partial charge in [-0.1, -0.05) is 47.5 Å². The van der Waals surface area contributed by atoms with Crippen LogP contribution in [-0.2, 0) is 9.59 Å². The Morgan fingerprint density at radius 2 is 1.70 bits per heavy atom. The fourth-order valence-corrected chi connectivity index (χ4v) is 3.65. The lowest BCUT2D eigenvalue weighted by Gasteiger charge is -2.15. The van der Waals surface area contributed by atoms with Crippen LogP contribution in [0.5, 0.6) is 0 Å². The molecule has 1 aliphatic heterocycles. The molecule has 2 N–H and O–H groups in total. The van der Waals surface area contributed by atoms with Gasteiger partial charge in [-0.3, -0.25) is 14.4 Å².